The second-order valence-corrected chi connectivity index (χ2v) is 4.94. The van der Waals surface area contributed by atoms with Gasteiger partial charge in [0.15, 0.2) is 0 Å². The van der Waals surface area contributed by atoms with Gasteiger partial charge in [-0.2, -0.15) is 0 Å². The molecular formula is C15H22N2O3. The first-order valence-electron chi connectivity index (χ1n) is 7.00. The van der Waals surface area contributed by atoms with Crippen LogP contribution in [0.2, 0.25) is 0 Å². The van der Waals surface area contributed by atoms with Gasteiger partial charge in [0.25, 0.3) is 5.91 Å². The fraction of sp³-hybridized carbons (Fsp3) is 0.533. The highest BCUT2D eigenvalue weighted by Crippen LogP contribution is 2.23. The maximum atomic E-state index is 12.5. The van der Waals surface area contributed by atoms with Crippen LogP contribution in [0.3, 0.4) is 0 Å². The van der Waals surface area contributed by atoms with Gasteiger partial charge in [-0.05, 0) is 38.0 Å². The molecule has 2 rings (SSSR count). The molecule has 0 saturated carbocycles. The molecule has 1 aromatic rings. The number of amides is 1. The summed E-state index contributed by atoms with van der Waals surface area (Å²) in [5.41, 5.74) is 6.90. The standard InChI is InChI=1S/C15H22N2O3/c1-3-17(10-12-5-4-8-20-12)15(18)11-6-7-13(16)14(9-11)19-2/h6-7,9,12H,3-5,8,10,16H2,1-2H3. The molecule has 1 unspecified atom stereocenters. The Balaban J connectivity index is 2.10. The van der Waals surface area contributed by atoms with Gasteiger partial charge in [0.2, 0.25) is 0 Å². The lowest BCUT2D eigenvalue weighted by Crippen LogP contribution is -2.37. The van der Waals surface area contributed by atoms with Crippen molar-refractivity contribution in [2.45, 2.75) is 25.9 Å². The van der Waals surface area contributed by atoms with Crippen LogP contribution in [-0.2, 0) is 4.74 Å². The van der Waals surface area contributed by atoms with E-state index in [0.29, 0.717) is 30.1 Å². The Morgan fingerprint density at radius 1 is 1.55 bits per heavy atom. The molecule has 1 aliphatic heterocycles. The van der Waals surface area contributed by atoms with Crippen molar-refractivity contribution in [2.75, 3.05) is 32.5 Å². The topological polar surface area (TPSA) is 64.8 Å². The zero-order valence-corrected chi connectivity index (χ0v) is 12.1. The molecule has 1 amide bonds. The van der Waals surface area contributed by atoms with Crippen molar-refractivity contribution < 1.29 is 14.3 Å². The van der Waals surface area contributed by atoms with Crippen LogP contribution in [-0.4, -0.2) is 43.7 Å². The van der Waals surface area contributed by atoms with Gasteiger partial charge in [0.1, 0.15) is 5.75 Å². The Morgan fingerprint density at radius 3 is 2.95 bits per heavy atom. The smallest absolute Gasteiger partial charge is 0.254 e. The van der Waals surface area contributed by atoms with Crippen molar-refractivity contribution >= 4 is 11.6 Å². The summed E-state index contributed by atoms with van der Waals surface area (Å²) in [5.74, 6) is 0.519. The van der Waals surface area contributed by atoms with Crippen LogP contribution in [0.1, 0.15) is 30.1 Å². The molecule has 0 bridgehead atoms. The highest BCUT2D eigenvalue weighted by atomic mass is 16.5. The van der Waals surface area contributed by atoms with E-state index < -0.39 is 0 Å². The second-order valence-electron chi connectivity index (χ2n) is 4.94. The summed E-state index contributed by atoms with van der Waals surface area (Å²) in [6.45, 7) is 4.07. The van der Waals surface area contributed by atoms with Crippen LogP contribution < -0.4 is 10.5 Å². The van der Waals surface area contributed by atoms with Gasteiger partial charge in [0, 0.05) is 25.3 Å². The van der Waals surface area contributed by atoms with E-state index >= 15 is 0 Å². The molecule has 1 aliphatic rings. The first kappa shape index (κ1) is 14.7. The number of anilines is 1. The van der Waals surface area contributed by atoms with E-state index in [9.17, 15) is 4.79 Å². The molecule has 0 spiro atoms. The zero-order valence-electron chi connectivity index (χ0n) is 12.1. The van der Waals surface area contributed by atoms with Crippen LogP contribution in [0.15, 0.2) is 18.2 Å². The summed E-state index contributed by atoms with van der Waals surface area (Å²) in [5, 5.41) is 0. The van der Waals surface area contributed by atoms with Crippen molar-refractivity contribution in [2.24, 2.45) is 0 Å². The van der Waals surface area contributed by atoms with Gasteiger partial charge in [0.05, 0.1) is 18.9 Å². The average Bonchev–Trinajstić information content (AvgIpc) is 2.97. The Bertz CT molecular complexity index is 470. The van der Waals surface area contributed by atoms with Crippen molar-refractivity contribution in [3.05, 3.63) is 23.8 Å². The average molecular weight is 278 g/mol. The van der Waals surface area contributed by atoms with Crippen molar-refractivity contribution in [1.29, 1.82) is 0 Å². The molecule has 20 heavy (non-hydrogen) atoms. The van der Waals surface area contributed by atoms with Gasteiger partial charge in [-0.1, -0.05) is 0 Å². The predicted molar refractivity (Wildman–Crippen MR) is 78.0 cm³/mol. The number of hydrogen-bond donors (Lipinski definition) is 1. The normalized spacial score (nSPS) is 18.0. The Morgan fingerprint density at radius 2 is 2.35 bits per heavy atom. The molecule has 1 saturated heterocycles. The minimum absolute atomic E-state index is 0.0127. The number of nitrogens with zero attached hydrogens (tertiary/aromatic N) is 1. The summed E-state index contributed by atoms with van der Waals surface area (Å²) in [7, 11) is 1.55. The summed E-state index contributed by atoms with van der Waals surface area (Å²) in [6.07, 6.45) is 2.26. The number of ether oxygens (including phenoxy) is 2. The molecule has 1 atom stereocenters. The number of nitrogens with two attached hydrogens (primary N) is 1. The first-order valence-corrected chi connectivity index (χ1v) is 7.00. The summed E-state index contributed by atoms with van der Waals surface area (Å²) >= 11 is 0. The Labute approximate surface area is 119 Å². The minimum atomic E-state index is -0.0127. The van der Waals surface area contributed by atoms with Gasteiger partial charge in [-0.3, -0.25) is 4.79 Å². The van der Waals surface area contributed by atoms with E-state index in [-0.39, 0.29) is 12.0 Å². The van der Waals surface area contributed by atoms with E-state index in [0.717, 1.165) is 19.4 Å². The lowest BCUT2D eigenvalue weighted by molar-refractivity contribution is 0.0539. The number of methoxy groups -OCH3 is 1. The number of benzene rings is 1. The SMILES string of the molecule is CCN(CC1CCCO1)C(=O)c1ccc(N)c(OC)c1. The van der Waals surface area contributed by atoms with E-state index in [1.54, 1.807) is 30.2 Å². The Hall–Kier alpha value is -1.75. The number of carbonyl (C=O) groups is 1. The third-order valence-electron chi connectivity index (χ3n) is 3.60. The van der Waals surface area contributed by atoms with Crippen molar-refractivity contribution in [1.82, 2.24) is 4.90 Å². The fourth-order valence-electron chi connectivity index (χ4n) is 2.42. The Kier molecular flexibility index (Phi) is 4.84. The molecule has 0 aromatic heterocycles. The van der Waals surface area contributed by atoms with Gasteiger partial charge >= 0.3 is 0 Å². The third-order valence-corrected chi connectivity index (χ3v) is 3.60. The number of hydrogen-bond acceptors (Lipinski definition) is 4. The minimum Gasteiger partial charge on any atom is -0.495 e. The number of nitrogen functional groups attached to an aromatic ring is 1. The van der Waals surface area contributed by atoms with Crippen LogP contribution in [0.5, 0.6) is 5.75 Å². The molecule has 1 aromatic carbocycles. The first-order chi connectivity index (χ1) is 9.65. The quantitative estimate of drug-likeness (QED) is 0.836. The third kappa shape index (κ3) is 3.22. The summed E-state index contributed by atoms with van der Waals surface area (Å²) in [6, 6.07) is 5.13. The van der Waals surface area contributed by atoms with Crippen LogP contribution in [0.25, 0.3) is 0 Å². The highest BCUT2D eigenvalue weighted by Gasteiger charge is 2.22. The molecule has 0 radical (unpaired) electrons. The molecule has 110 valence electrons. The van der Waals surface area contributed by atoms with Gasteiger partial charge < -0.3 is 20.1 Å². The van der Waals surface area contributed by atoms with Gasteiger partial charge in [-0.15, -0.1) is 0 Å². The second kappa shape index (κ2) is 6.61. The lowest BCUT2D eigenvalue weighted by Gasteiger charge is -2.24. The maximum Gasteiger partial charge on any atom is 0.254 e. The molecular weight excluding hydrogens is 256 g/mol. The van der Waals surface area contributed by atoms with E-state index in [1.807, 2.05) is 6.92 Å². The van der Waals surface area contributed by atoms with Crippen LogP contribution in [0.4, 0.5) is 5.69 Å². The molecule has 0 aliphatic carbocycles. The molecule has 1 heterocycles. The summed E-state index contributed by atoms with van der Waals surface area (Å²) < 4.78 is 10.8. The van der Waals surface area contributed by atoms with E-state index in [4.69, 9.17) is 15.2 Å². The molecule has 2 N–H and O–H groups in total. The van der Waals surface area contributed by atoms with Crippen LogP contribution in [0, 0.1) is 0 Å². The number of likely N-dealkylation sites (N-methyl/N-ethyl adjacent to an activating group) is 1. The monoisotopic (exact) mass is 278 g/mol. The zero-order chi connectivity index (χ0) is 14.5. The number of carbonyl (C=O) groups excluding carboxylic acids is 1. The number of rotatable bonds is 5. The van der Waals surface area contributed by atoms with E-state index in [2.05, 4.69) is 0 Å². The largest absolute Gasteiger partial charge is 0.495 e. The molecule has 5 nitrogen and oxygen atoms in total. The van der Waals surface area contributed by atoms with Crippen molar-refractivity contribution in [3.8, 4) is 5.75 Å². The predicted octanol–water partition coefficient (Wildman–Crippen LogP) is 1.92. The molecule has 5 heteroatoms. The maximum absolute atomic E-state index is 12.5. The fourth-order valence-corrected chi connectivity index (χ4v) is 2.42. The molecule has 1 fully saturated rings. The van der Waals surface area contributed by atoms with Crippen LogP contribution >= 0.6 is 0 Å². The van der Waals surface area contributed by atoms with Gasteiger partial charge in [-0.25, -0.2) is 0 Å². The van der Waals surface area contributed by atoms with E-state index in [1.165, 1.54) is 0 Å². The lowest BCUT2D eigenvalue weighted by atomic mass is 10.1. The summed E-state index contributed by atoms with van der Waals surface area (Å²) in [4.78, 5) is 14.3. The highest BCUT2D eigenvalue weighted by molar-refractivity contribution is 5.95. The van der Waals surface area contributed by atoms with Crippen molar-refractivity contribution in [3.63, 3.8) is 0 Å².